The summed E-state index contributed by atoms with van der Waals surface area (Å²) in [4.78, 5) is 19.2. The van der Waals surface area contributed by atoms with E-state index in [1.165, 1.54) is 4.88 Å². The van der Waals surface area contributed by atoms with E-state index >= 15 is 0 Å². The monoisotopic (exact) mass is 282 g/mol. The van der Waals surface area contributed by atoms with Crippen molar-refractivity contribution in [3.63, 3.8) is 0 Å². The van der Waals surface area contributed by atoms with E-state index in [2.05, 4.69) is 34.4 Å². The standard InChI is InChI=1S/C13H22N4OS/c1-10(2)7-14-8-11-9-16-13(19-11)17-5-3-12(18)15-4-6-17/h9-10,14H,3-8H2,1-2H3,(H,15,18). The van der Waals surface area contributed by atoms with Crippen LogP contribution in [0.3, 0.4) is 0 Å². The van der Waals surface area contributed by atoms with Gasteiger partial charge in [0.1, 0.15) is 0 Å². The normalized spacial score (nSPS) is 16.6. The van der Waals surface area contributed by atoms with Crippen molar-refractivity contribution in [2.75, 3.05) is 31.1 Å². The predicted molar refractivity (Wildman–Crippen MR) is 78.5 cm³/mol. The van der Waals surface area contributed by atoms with E-state index in [0.29, 0.717) is 18.9 Å². The van der Waals surface area contributed by atoms with Crippen molar-refractivity contribution in [1.82, 2.24) is 15.6 Å². The zero-order valence-electron chi connectivity index (χ0n) is 11.6. The fraction of sp³-hybridized carbons (Fsp3) is 0.692. The molecule has 0 bridgehead atoms. The van der Waals surface area contributed by atoms with Crippen LogP contribution in [0.15, 0.2) is 6.20 Å². The summed E-state index contributed by atoms with van der Waals surface area (Å²) in [5, 5.41) is 7.33. The zero-order chi connectivity index (χ0) is 13.7. The molecule has 106 valence electrons. The van der Waals surface area contributed by atoms with E-state index in [0.717, 1.165) is 31.3 Å². The number of hydrogen-bond acceptors (Lipinski definition) is 5. The Morgan fingerprint density at radius 1 is 1.53 bits per heavy atom. The Balaban J connectivity index is 1.87. The van der Waals surface area contributed by atoms with Crippen molar-refractivity contribution in [2.24, 2.45) is 5.92 Å². The van der Waals surface area contributed by atoms with E-state index < -0.39 is 0 Å². The van der Waals surface area contributed by atoms with E-state index in [-0.39, 0.29) is 5.91 Å². The highest BCUT2D eigenvalue weighted by atomic mass is 32.1. The summed E-state index contributed by atoms with van der Waals surface area (Å²) in [5.41, 5.74) is 0. The Bertz CT molecular complexity index is 419. The highest BCUT2D eigenvalue weighted by molar-refractivity contribution is 7.15. The van der Waals surface area contributed by atoms with E-state index in [1.54, 1.807) is 11.3 Å². The molecule has 0 saturated carbocycles. The number of nitrogens with zero attached hydrogens (tertiary/aromatic N) is 2. The molecule has 1 aliphatic rings. The lowest BCUT2D eigenvalue weighted by Gasteiger charge is -2.17. The molecule has 6 heteroatoms. The number of nitrogens with one attached hydrogen (secondary N) is 2. The Kier molecular flexibility index (Phi) is 5.15. The van der Waals surface area contributed by atoms with Crippen LogP contribution in [0, 0.1) is 5.92 Å². The van der Waals surface area contributed by atoms with Gasteiger partial charge in [0.2, 0.25) is 5.91 Å². The van der Waals surface area contributed by atoms with Gasteiger partial charge in [0.15, 0.2) is 5.13 Å². The summed E-state index contributed by atoms with van der Waals surface area (Å²) in [6.45, 7) is 8.62. The van der Waals surface area contributed by atoms with Gasteiger partial charge in [-0.05, 0) is 12.5 Å². The Labute approximate surface area is 118 Å². The number of rotatable bonds is 5. The molecule has 1 aromatic heterocycles. The number of thiazole rings is 1. The molecule has 0 aliphatic carbocycles. The summed E-state index contributed by atoms with van der Waals surface area (Å²) in [6, 6.07) is 0. The third kappa shape index (κ3) is 4.47. The maximum Gasteiger partial charge on any atom is 0.221 e. The van der Waals surface area contributed by atoms with E-state index in [9.17, 15) is 4.79 Å². The largest absolute Gasteiger partial charge is 0.354 e. The van der Waals surface area contributed by atoms with Gasteiger partial charge in [0, 0.05) is 43.7 Å². The SMILES string of the molecule is CC(C)CNCc1cnc(N2CCNC(=O)CC2)s1. The molecule has 1 fully saturated rings. The topological polar surface area (TPSA) is 57.3 Å². The molecule has 0 aromatic carbocycles. The van der Waals surface area contributed by atoms with E-state index in [4.69, 9.17) is 0 Å². The van der Waals surface area contributed by atoms with Crippen molar-refractivity contribution >= 4 is 22.4 Å². The maximum absolute atomic E-state index is 11.3. The number of aromatic nitrogens is 1. The van der Waals surface area contributed by atoms with Crippen LogP contribution in [0.25, 0.3) is 0 Å². The van der Waals surface area contributed by atoms with E-state index in [1.807, 2.05) is 6.20 Å². The molecule has 0 atom stereocenters. The van der Waals surface area contributed by atoms with Gasteiger partial charge in [-0.15, -0.1) is 11.3 Å². The second-order valence-corrected chi connectivity index (χ2v) is 6.31. The van der Waals surface area contributed by atoms with Crippen molar-refractivity contribution in [3.8, 4) is 0 Å². The maximum atomic E-state index is 11.3. The lowest BCUT2D eigenvalue weighted by atomic mass is 10.2. The van der Waals surface area contributed by atoms with Gasteiger partial charge in [-0.1, -0.05) is 13.8 Å². The molecule has 2 N–H and O–H groups in total. The number of amides is 1. The first-order chi connectivity index (χ1) is 9.15. The molecule has 0 radical (unpaired) electrons. The minimum absolute atomic E-state index is 0.137. The van der Waals surface area contributed by atoms with Crippen LogP contribution in [0.1, 0.15) is 25.1 Å². The van der Waals surface area contributed by atoms with Crippen LogP contribution in [-0.4, -0.2) is 37.1 Å². The molecule has 2 heterocycles. The number of carbonyl (C=O) groups excluding carboxylic acids is 1. The van der Waals surface area contributed by atoms with Gasteiger partial charge in [-0.3, -0.25) is 4.79 Å². The predicted octanol–water partition coefficient (Wildman–Crippen LogP) is 1.21. The quantitative estimate of drug-likeness (QED) is 0.852. The summed E-state index contributed by atoms with van der Waals surface area (Å²) < 4.78 is 0. The molecule has 1 saturated heterocycles. The molecule has 0 spiro atoms. The lowest BCUT2D eigenvalue weighted by Crippen LogP contribution is -2.28. The zero-order valence-corrected chi connectivity index (χ0v) is 12.4. The fourth-order valence-corrected chi connectivity index (χ4v) is 2.90. The minimum atomic E-state index is 0.137. The number of hydrogen-bond donors (Lipinski definition) is 2. The summed E-state index contributed by atoms with van der Waals surface area (Å²) in [7, 11) is 0. The first-order valence-electron chi connectivity index (χ1n) is 6.82. The van der Waals surface area contributed by atoms with Crippen LogP contribution < -0.4 is 15.5 Å². The van der Waals surface area contributed by atoms with Gasteiger partial charge < -0.3 is 15.5 Å². The lowest BCUT2D eigenvalue weighted by molar-refractivity contribution is -0.120. The second-order valence-electron chi connectivity index (χ2n) is 5.22. The highest BCUT2D eigenvalue weighted by Crippen LogP contribution is 2.22. The van der Waals surface area contributed by atoms with Crippen LogP contribution in [0.5, 0.6) is 0 Å². The first kappa shape index (κ1) is 14.3. The first-order valence-corrected chi connectivity index (χ1v) is 7.64. The van der Waals surface area contributed by atoms with Gasteiger partial charge in [-0.2, -0.15) is 0 Å². The smallest absolute Gasteiger partial charge is 0.221 e. The molecular formula is C13H22N4OS. The van der Waals surface area contributed by atoms with Gasteiger partial charge >= 0.3 is 0 Å². The van der Waals surface area contributed by atoms with Gasteiger partial charge in [-0.25, -0.2) is 4.98 Å². The number of carbonyl (C=O) groups is 1. The van der Waals surface area contributed by atoms with Crippen LogP contribution >= 0.6 is 11.3 Å². The minimum Gasteiger partial charge on any atom is -0.354 e. The molecule has 1 aliphatic heterocycles. The van der Waals surface area contributed by atoms with Crippen LogP contribution in [-0.2, 0) is 11.3 Å². The molecule has 1 aromatic rings. The Morgan fingerprint density at radius 2 is 2.37 bits per heavy atom. The Hall–Kier alpha value is -1.14. The summed E-state index contributed by atoms with van der Waals surface area (Å²) in [5.74, 6) is 0.799. The molecule has 0 unspecified atom stereocenters. The fourth-order valence-electron chi connectivity index (χ4n) is 1.97. The van der Waals surface area contributed by atoms with Crippen molar-refractivity contribution in [3.05, 3.63) is 11.1 Å². The third-order valence-corrected chi connectivity index (χ3v) is 4.03. The van der Waals surface area contributed by atoms with Crippen LogP contribution in [0.2, 0.25) is 0 Å². The van der Waals surface area contributed by atoms with Gasteiger partial charge in [0.25, 0.3) is 0 Å². The van der Waals surface area contributed by atoms with Gasteiger partial charge in [0.05, 0.1) is 0 Å². The second kappa shape index (κ2) is 6.86. The van der Waals surface area contributed by atoms with Crippen molar-refractivity contribution < 1.29 is 4.79 Å². The highest BCUT2D eigenvalue weighted by Gasteiger charge is 2.16. The van der Waals surface area contributed by atoms with Crippen LogP contribution in [0.4, 0.5) is 5.13 Å². The number of anilines is 1. The summed E-state index contributed by atoms with van der Waals surface area (Å²) in [6.07, 6.45) is 2.49. The molecule has 2 rings (SSSR count). The van der Waals surface area contributed by atoms with Crippen molar-refractivity contribution in [2.45, 2.75) is 26.8 Å². The average Bonchev–Trinajstić information content (AvgIpc) is 2.71. The molecular weight excluding hydrogens is 260 g/mol. The Morgan fingerprint density at radius 3 is 3.16 bits per heavy atom. The van der Waals surface area contributed by atoms with Crippen molar-refractivity contribution in [1.29, 1.82) is 0 Å². The molecule has 1 amide bonds. The molecule has 5 nitrogen and oxygen atoms in total. The average molecular weight is 282 g/mol. The third-order valence-electron chi connectivity index (χ3n) is 2.98. The summed E-state index contributed by atoms with van der Waals surface area (Å²) >= 11 is 1.71. The molecule has 19 heavy (non-hydrogen) atoms.